The van der Waals surface area contributed by atoms with Gasteiger partial charge in [0.15, 0.2) is 0 Å². The third-order valence-corrected chi connectivity index (χ3v) is 2.97. The lowest BCUT2D eigenvalue weighted by atomic mass is 9.96. The van der Waals surface area contributed by atoms with Gasteiger partial charge in [0.2, 0.25) is 6.29 Å². The van der Waals surface area contributed by atoms with Crippen molar-refractivity contribution in [3.8, 4) is 5.75 Å². The zero-order chi connectivity index (χ0) is 13.8. The van der Waals surface area contributed by atoms with E-state index >= 15 is 0 Å². The third-order valence-electron chi connectivity index (χ3n) is 2.97. The number of hydrogen-bond donors (Lipinski definition) is 1. The normalized spacial score (nSPS) is 15.2. The number of rotatable bonds is 5. The van der Waals surface area contributed by atoms with Crippen molar-refractivity contribution in [1.82, 2.24) is 0 Å². The lowest BCUT2D eigenvalue weighted by molar-refractivity contribution is -0.120. The van der Waals surface area contributed by atoms with Crippen LogP contribution in [0, 0.1) is 5.41 Å². The summed E-state index contributed by atoms with van der Waals surface area (Å²) >= 11 is 0. The molecule has 3 nitrogen and oxygen atoms in total. The highest BCUT2D eigenvalue weighted by atomic mass is 16.7. The first-order valence-electron chi connectivity index (χ1n) is 6.38. The topological polar surface area (TPSA) is 44.5 Å². The van der Waals surface area contributed by atoms with Gasteiger partial charge in [-0.1, -0.05) is 39.8 Å². The monoisotopic (exact) mass is 251 g/mol. The van der Waals surface area contributed by atoms with Crippen molar-refractivity contribution in [2.24, 2.45) is 11.1 Å². The fourth-order valence-corrected chi connectivity index (χ4v) is 1.71. The predicted molar refractivity (Wildman–Crippen MR) is 74.8 cm³/mol. The van der Waals surface area contributed by atoms with Crippen LogP contribution in [-0.4, -0.2) is 19.9 Å². The molecule has 2 unspecified atom stereocenters. The quantitative estimate of drug-likeness (QED) is 0.818. The molecule has 0 aromatic heterocycles. The number of benzene rings is 1. The van der Waals surface area contributed by atoms with Crippen LogP contribution in [0.1, 0.15) is 39.2 Å². The molecule has 0 fully saturated rings. The van der Waals surface area contributed by atoms with Gasteiger partial charge < -0.3 is 15.2 Å². The van der Waals surface area contributed by atoms with E-state index in [1.165, 1.54) is 5.56 Å². The standard InChI is InChI=1S/C15H25NO2/c1-11(10-16)12-6-8-13(9-7-12)18-14(17-5)15(2,3)4/h6-9,11,14H,10,16H2,1-5H3. The smallest absolute Gasteiger partial charge is 0.204 e. The minimum Gasteiger partial charge on any atom is -0.464 e. The molecule has 0 spiro atoms. The van der Waals surface area contributed by atoms with Crippen LogP contribution in [0.4, 0.5) is 0 Å². The van der Waals surface area contributed by atoms with Gasteiger partial charge in [0.1, 0.15) is 5.75 Å². The zero-order valence-electron chi connectivity index (χ0n) is 12.1. The van der Waals surface area contributed by atoms with Gasteiger partial charge in [-0.3, -0.25) is 0 Å². The Morgan fingerprint density at radius 2 is 1.72 bits per heavy atom. The van der Waals surface area contributed by atoms with Crippen molar-refractivity contribution < 1.29 is 9.47 Å². The van der Waals surface area contributed by atoms with Gasteiger partial charge in [-0.05, 0) is 30.2 Å². The van der Waals surface area contributed by atoms with E-state index in [-0.39, 0.29) is 11.7 Å². The van der Waals surface area contributed by atoms with Crippen molar-refractivity contribution in [1.29, 1.82) is 0 Å². The second-order valence-electron chi connectivity index (χ2n) is 5.76. The van der Waals surface area contributed by atoms with Crippen molar-refractivity contribution in [2.45, 2.75) is 39.9 Å². The number of hydrogen-bond acceptors (Lipinski definition) is 3. The van der Waals surface area contributed by atoms with Crippen molar-refractivity contribution >= 4 is 0 Å². The fourth-order valence-electron chi connectivity index (χ4n) is 1.71. The summed E-state index contributed by atoms with van der Waals surface area (Å²) in [4.78, 5) is 0. The highest BCUT2D eigenvalue weighted by Crippen LogP contribution is 2.26. The van der Waals surface area contributed by atoms with Gasteiger partial charge >= 0.3 is 0 Å². The summed E-state index contributed by atoms with van der Waals surface area (Å²) in [7, 11) is 1.67. The molecule has 1 aromatic rings. The fraction of sp³-hybridized carbons (Fsp3) is 0.600. The summed E-state index contributed by atoms with van der Waals surface area (Å²) in [6.07, 6.45) is -0.254. The van der Waals surface area contributed by atoms with E-state index < -0.39 is 0 Å². The maximum absolute atomic E-state index is 5.84. The van der Waals surface area contributed by atoms with E-state index in [0.29, 0.717) is 12.5 Å². The van der Waals surface area contributed by atoms with Crippen LogP contribution in [0.5, 0.6) is 5.75 Å². The minimum absolute atomic E-state index is 0.0576. The summed E-state index contributed by atoms with van der Waals surface area (Å²) < 4.78 is 11.2. The largest absolute Gasteiger partial charge is 0.464 e. The highest BCUT2D eigenvalue weighted by molar-refractivity contribution is 5.29. The summed E-state index contributed by atoms with van der Waals surface area (Å²) in [5.41, 5.74) is 6.82. The molecule has 0 saturated carbocycles. The molecule has 3 heteroatoms. The molecule has 0 radical (unpaired) electrons. The SMILES string of the molecule is COC(Oc1ccc(C(C)CN)cc1)C(C)(C)C. The van der Waals surface area contributed by atoms with Crippen molar-refractivity contribution in [2.75, 3.05) is 13.7 Å². The van der Waals surface area contributed by atoms with Gasteiger partial charge in [-0.25, -0.2) is 0 Å². The first-order valence-corrected chi connectivity index (χ1v) is 6.38. The van der Waals surface area contributed by atoms with E-state index in [2.05, 4.69) is 39.8 Å². The van der Waals surface area contributed by atoms with Crippen LogP contribution < -0.4 is 10.5 Å². The second-order valence-corrected chi connectivity index (χ2v) is 5.76. The minimum atomic E-state index is -0.254. The Bertz CT molecular complexity index is 354. The average molecular weight is 251 g/mol. The Hall–Kier alpha value is -1.06. The first-order chi connectivity index (χ1) is 8.38. The summed E-state index contributed by atoms with van der Waals surface area (Å²) in [5, 5.41) is 0. The van der Waals surface area contributed by atoms with Crippen molar-refractivity contribution in [3.05, 3.63) is 29.8 Å². The molecule has 0 aliphatic rings. The summed E-state index contributed by atoms with van der Waals surface area (Å²) in [6.45, 7) is 9.04. The van der Waals surface area contributed by atoms with Crippen LogP contribution in [0.15, 0.2) is 24.3 Å². The van der Waals surface area contributed by atoms with Gasteiger partial charge in [-0.2, -0.15) is 0 Å². The molecule has 0 bridgehead atoms. The molecule has 0 aliphatic carbocycles. The van der Waals surface area contributed by atoms with Gasteiger partial charge in [-0.15, -0.1) is 0 Å². The van der Waals surface area contributed by atoms with E-state index in [0.717, 1.165) is 5.75 Å². The molecule has 0 heterocycles. The molecule has 102 valence electrons. The molecule has 2 N–H and O–H groups in total. The zero-order valence-corrected chi connectivity index (χ0v) is 12.1. The Morgan fingerprint density at radius 1 is 1.17 bits per heavy atom. The lowest BCUT2D eigenvalue weighted by Crippen LogP contribution is -2.33. The molecule has 1 rings (SSSR count). The predicted octanol–water partition coefficient (Wildman–Crippen LogP) is 3.15. The average Bonchev–Trinajstić information content (AvgIpc) is 2.34. The van der Waals surface area contributed by atoms with E-state index in [4.69, 9.17) is 15.2 Å². The van der Waals surface area contributed by atoms with Crippen LogP contribution in [0.2, 0.25) is 0 Å². The first kappa shape index (κ1) is 15.0. The Morgan fingerprint density at radius 3 is 2.11 bits per heavy atom. The van der Waals surface area contributed by atoms with E-state index in [1.807, 2.05) is 12.1 Å². The Labute approximate surface area is 110 Å². The number of nitrogens with two attached hydrogens (primary N) is 1. The van der Waals surface area contributed by atoms with Crippen LogP contribution in [0.25, 0.3) is 0 Å². The number of ether oxygens (including phenoxy) is 2. The highest BCUT2D eigenvalue weighted by Gasteiger charge is 2.26. The molecule has 18 heavy (non-hydrogen) atoms. The lowest BCUT2D eigenvalue weighted by Gasteiger charge is -2.29. The molecule has 0 amide bonds. The maximum atomic E-state index is 5.84. The summed E-state index contributed by atoms with van der Waals surface area (Å²) in [5.74, 6) is 1.20. The summed E-state index contributed by atoms with van der Waals surface area (Å²) in [6, 6.07) is 8.06. The van der Waals surface area contributed by atoms with Crippen LogP contribution in [-0.2, 0) is 4.74 Å². The van der Waals surface area contributed by atoms with Gasteiger partial charge in [0.05, 0.1) is 0 Å². The molecule has 0 saturated heterocycles. The number of methoxy groups -OCH3 is 1. The Kier molecular flexibility index (Phi) is 5.17. The maximum Gasteiger partial charge on any atom is 0.204 e. The van der Waals surface area contributed by atoms with Crippen LogP contribution in [0.3, 0.4) is 0 Å². The molecular formula is C15H25NO2. The molecule has 0 aliphatic heterocycles. The van der Waals surface area contributed by atoms with Crippen LogP contribution >= 0.6 is 0 Å². The van der Waals surface area contributed by atoms with Crippen molar-refractivity contribution in [3.63, 3.8) is 0 Å². The molecule has 1 aromatic carbocycles. The third kappa shape index (κ3) is 4.00. The van der Waals surface area contributed by atoms with E-state index in [9.17, 15) is 0 Å². The van der Waals surface area contributed by atoms with Gasteiger partial charge in [0.25, 0.3) is 0 Å². The second kappa shape index (κ2) is 6.21. The van der Waals surface area contributed by atoms with Gasteiger partial charge in [0, 0.05) is 12.5 Å². The van der Waals surface area contributed by atoms with E-state index in [1.54, 1.807) is 7.11 Å². The Balaban J connectivity index is 2.74. The molecule has 2 atom stereocenters. The molecular weight excluding hydrogens is 226 g/mol.